The molecule has 118 valence electrons. The summed E-state index contributed by atoms with van der Waals surface area (Å²) in [6.07, 6.45) is 11.0. The molecule has 6 aliphatic rings. The number of allylic oxidation sites excluding steroid dienone is 2. The highest BCUT2D eigenvalue weighted by Crippen LogP contribution is 2.59. The third-order valence-electron chi connectivity index (χ3n) is 7.57. The fourth-order valence-corrected chi connectivity index (χ4v) is 6.46. The molecule has 3 heteroatoms. The van der Waals surface area contributed by atoms with Crippen LogP contribution in [0.5, 0.6) is 0 Å². The largest absolute Gasteiger partial charge is 0.459 e. The maximum absolute atomic E-state index is 12.8. The molecule has 0 radical (unpaired) electrons. The lowest BCUT2D eigenvalue weighted by Gasteiger charge is -2.59. The maximum atomic E-state index is 12.8. The Kier molecular flexibility index (Phi) is 2.57. The zero-order chi connectivity index (χ0) is 15.1. The monoisotopic (exact) mass is 300 g/mol. The van der Waals surface area contributed by atoms with Crippen molar-refractivity contribution in [2.24, 2.45) is 41.4 Å². The van der Waals surface area contributed by atoms with Gasteiger partial charge in [0, 0.05) is 11.8 Å². The molecule has 22 heavy (non-hydrogen) atoms. The van der Waals surface area contributed by atoms with Crippen LogP contribution in [0, 0.1) is 41.4 Å². The van der Waals surface area contributed by atoms with Crippen LogP contribution in [0.4, 0.5) is 0 Å². The number of carbonyl (C=O) groups excluding carboxylic acids is 2. The van der Waals surface area contributed by atoms with E-state index in [0.29, 0.717) is 18.3 Å². The summed E-state index contributed by atoms with van der Waals surface area (Å²) < 4.78 is 6.17. The van der Waals surface area contributed by atoms with Gasteiger partial charge in [-0.15, -0.1) is 0 Å². The highest BCUT2D eigenvalue weighted by Gasteiger charge is 2.58. The van der Waals surface area contributed by atoms with Crippen molar-refractivity contribution in [2.45, 2.75) is 51.0 Å². The van der Waals surface area contributed by atoms with Gasteiger partial charge in [0.1, 0.15) is 11.4 Å². The minimum Gasteiger partial charge on any atom is -0.459 e. The van der Waals surface area contributed by atoms with Crippen molar-refractivity contribution in [3.05, 3.63) is 12.2 Å². The molecule has 0 amide bonds. The average molecular weight is 300 g/mol. The van der Waals surface area contributed by atoms with Crippen LogP contribution in [0.1, 0.15) is 45.4 Å². The van der Waals surface area contributed by atoms with E-state index in [1.165, 1.54) is 32.1 Å². The molecule has 6 bridgehead atoms. The Morgan fingerprint density at radius 1 is 1.05 bits per heavy atom. The first-order chi connectivity index (χ1) is 10.5. The van der Waals surface area contributed by atoms with E-state index in [-0.39, 0.29) is 35.1 Å². The first-order valence-corrected chi connectivity index (χ1v) is 8.99. The number of hydrogen-bond donors (Lipinski definition) is 0. The van der Waals surface area contributed by atoms with Crippen molar-refractivity contribution in [3.63, 3.8) is 0 Å². The van der Waals surface area contributed by atoms with E-state index in [1.54, 1.807) is 0 Å². The fourth-order valence-electron chi connectivity index (χ4n) is 6.46. The molecular weight excluding hydrogens is 276 g/mol. The Labute approximate surface area is 131 Å². The third-order valence-corrected chi connectivity index (χ3v) is 7.57. The van der Waals surface area contributed by atoms with E-state index in [1.807, 2.05) is 12.2 Å². The van der Waals surface area contributed by atoms with E-state index in [2.05, 4.69) is 6.92 Å². The van der Waals surface area contributed by atoms with Crippen molar-refractivity contribution in [1.29, 1.82) is 0 Å². The smallest absolute Gasteiger partial charge is 0.310 e. The van der Waals surface area contributed by atoms with Crippen LogP contribution >= 0.6 is 0 Å². The van der Waals surface area contributed by atoms with Gasteiger partial charge in [0.15, 0.2) is 0 Å². The molecule has 0 spiro atoms. The quantitative estimate of drug-likeness (QED) is 0.581. The summed E-state index contributed by atoms with van der Waals surface area (Å²) in [7, 11) is 0. The Morgan fingerprint density at radius 3 is 2.18 bits per heavy atom. The number of esters is 1. The lowest BCUT2D eigenvalue weighted by atomic mass is 9.50. The van der Waals surface area contributed by atoms with Gasteiger partial charge < -0.3 is 4.74 Å². The maximum Gasteiger partial charge on any atom is 0.310 e. The van der Waals surface area contributed by atoms with E-state index in [0.717, 1.165) is 11.8 Å². The van der Waals surface area contributed by atoms with Crippen LogP contribution in [-0.2, 0) is 14.3 Å². The van der Waals surface area contributed by atoms with Crippen LogP contribution in [0.3, 0.4) is 0 Å². The summed E-state index contributed by atoms with van der Waals surface area (Å²) >= 11 is 0. The molecule has 0 saturated heterocycles. The van der Waals surface area contributed by atoms with Gasteiger partial charge in [-0.1, -0.05) is 12.2 Å². The number of carbonyl (C=O) groups is 2. The molecule has 0 aromatic heterocycles. The average Bonchev–Trinajstić information content (AvgIpc) is 3.00. The SMILES string of the molecule is CC1(OC(=O)C2CC3C=CC2C3=O)C2CC3CC(C2)CC1C3. The number of ether oxygens (including phenoxy) is 1. The van der Waals surface area contributed by atoms with Crippen molar-refractivity contribution in [1.82, 2.24) is 0 Å². The van der Waals surface area contributed by atoms with E-state index in [4.69, 9.17) is 4.74 Å². The fraction of sp³-hybridized carbons (Fsp3) is 0.789. The van der Waals surface area contributed by atoms with E-state index >= 15 is 0 Å². The summed E-state index contributed by atoms with van der Waals surface area (Å²) in [6.45, 7) is 2.18. The standard InChI is InChI=1S/C19H24O3/c1-19(13-5-10-4-11(7-13)8-14(19)6-10)22-18(21)16-9-12-2-3-15(16)17(12)20/h2-3,10-16H,4-9H2,1H3. The highest BCUT2D eigenvalue weighted by molar-refractivity contribution is 5.96. The van der Waals surface area contributed by atoms with Crippen LogP contribution in [0.15, 0.2) is 12.2 Å². The van der Waals surface area contributed by atoms with Gasteiger partial charge in [-0.05, 0) is 69.1 Å². The molecule has 6 aliphatic carbocycles. The summed E-state index contributed by atoms with van der Waals surface area (Å²) in [5, 5.41) is 0. The van der Waals surface area contributed by atoms with Gasteiger partial charge >= 0.3 is 5.97 Å². The summed E-state index contributed by atoms with van der Waals surface area (Å²) in [6, 6.07) is 0. The summed E-state index contributed by atoms with van der Waals surface area (Å²) in [5.41, 5.74) is -0.265. The molecule has 0 aliphatic heterocycles. The molecule has 5 saturated carbocycles. The number of fused-ring (bicyclic) bond motifs is 2. The highest BCUT2D eigenvalue weighted by atomic mass is 16.6. The minimum absolute atomic E-state index is 0.0196. The predicted octanol–water partition coefficient (Wildman–Crippen LogP) is 3.14. The number of Topliss-reactive ketones (excluding diaryl/α,β-unsaturated/α-hetero) is 1. The minimum atomic E-state index is -0.265. The molecule has 0 aromatic rings. The Bertz CT molecular complexity index is 547. The van der Waals surface area contributed by atoms with Crippen molar-refractivity contribution < 1.29 is 14.3 Å². The van der Waals surface area contributed by atoms with Gasteiger partial charge in [0.05, 0.1) is 5.92 Å². The van der Waals surface area contributed by atoms with Crippen molar-refractivity contribution >= 4 is 11.8 Å². The summed E-state index contributed by atoms with van der Waals surface area (Å²) in [5.74, 6) is 2.57. The topological polar surface area (TPSA) is 43.4 Å². The second kappa shape index (κ2) is 4.24. The zero-order valence-electron chi connectivity index (χ0n) is 13.2. The van der Waals surface area contributed by atoms with Gasteiger partial charge in [-0.3, -0.25) is 9.59 Å². The van der Waals surface area contributed by atoms with Gasteiger partial charge in [-0.25, -0.2) is 0 Å². The van der Waals surface area contributed by atoms with Gasteiger partial charge in [0.25, 0.3) is 0 Å². The van der Waals surface area contributed by atoms with Gasteiger partial charge in [-0.2, -0.15) is 0 Å². The number of rotatable bonds is 2. The second-order valence-electron chi connectivity index (χ2n) is 8.67. The molecule has 3 atom stereocenters. The molecule has 6 rings (SSSR count). The first-order valence-electron chi connectivity index (χ1n) is 8.99. The second-order valence-corrected chi connectivity index (χ2v) is 8.67. The normalized spacial score (nSPS) is 54.2. The van der Waals surface area contributed by atoms with E-state index in [9.17, 15) is 9.59 Å². The zero-order valence-corrected chi connectivity index (χ0v) is 13.2. The molecular formula is C19H24O3. The molecule has 0 N–H and O–H groups in total. The van der Waals surface area contributed by atoms with Crippen molar-refractivity contribution in [3.8, 4) is 0 Å². The van der Waals surface area contributed by atoms with Crippen molar-refractivity contribution in [2.75, 3.05) is 0 Å². The molecule has 0 heterocycles. The Morgan fingerprint density at radius 2 is 1.68 bits per heavy atom. The molecule has 3 nitrogen and oxygen atoms in total. The molecule has 5 fully saturated rings. The molecule has 0 aromatic carbocycles. The lowest BCUT2D eigenvalue weighted by molar-refractivity contribution is -0.207. The van der Waals surface area contributed by atoms with E-state index < -0.39 is 0 Å². The first kappa shape index (κ1) is 13.3. The van der Waals surface area contributed by atoms with Crippen LogP contribution in [0.2, 0.25) is 0 Å². The third kappa shape index (κ3) is 1.63. The van der Waals surface area contributed by atoms with Gasteiger partial charge in [0.2, 0.25) is 0 Å². The Balaban J connectivity index is 1.36. The Hall–Kier alpha value is -1.12. The predicted molar refractivity (Wildman–Crippen MR) is 80.8 cm³/mol. The summed E-state index contributed by atoms with van der Waals surface area (Å²) in [4.78, 5) is 24.8. The van der Waals surface area contributed by atoms with Crippen LogP contribution in [0.25, 0.3) is 0 Å². The number of ketones is 1. The lowest BCUT2D eigenvalue weighted by Crippen LogP contribution is -2.58. The number of hydrogen-bond acceptors (Lipinski definition) is 3. The molecule has 3 unspecified atom stereocenters. The van der Waals surface area contributed by atoms with Crippen LogP contribution in [-0.4, -0.2) is 17.4 Å². The van der Waals surface area contributed by atoms with Crippen LogP contribution < -0.4 is 0 Å².